The summed E-state index contributed by atoms with van der Waals surface area (Å²) < 4.78 is 0. The maximum atomic E-state index is 3.47. The number of nitrogens with zero attached hydrogens (tertiary/aromatic N) is 1. The summed E-state index contributed by atoms with van der Waals surface area (Å²) >= 11 is 0. The largest absolute Gasteiger partial charge is 0.385 e. The average molecular weight is 220 g/mol. The molecule has 90 valence electrons. The molecule has 0 atom stereocenters. The molecule has 0 aromatic heterocycles. The van der Waals surface area contributed by atoms with Crippen LogP contribution in [0.2, 0.25) is 0 Å². The minimum Gasteiger partial charge on any atom is -0.385 e. The van der Waals surface area contributed by atoms with Crippen LogP contribution in [0.25, 0.3) is 0 Å². The van der Waals surface area contributed by atoms with Gasteiger partial charge in [0.1, 0.15) is 0 Å². The van der Waals surface area contributed by atoms with Crippen LogP contribution in [0, 0.1) is 5.92 Å². The van der Waals surface area contributed by atoms with E-state index in [1.54, 1.807) is 0 Å². The first-order valence-corrected chi connectivity index (χ1v) is 6.05. The van der Waals surface area contributed by atoms with Crippen molar-refractivity contribution in [1.29, 1.82) is 0 Å². The molecule has 0 spiro atoms. The Hall–Kier alpha value is -1.02. The van der Waals surface area contributed by atoms with Gasteiger partial charge in [0.15, 0.2) is 0 Å². The first kappa shape index (κ1) is 13.0. The highest BCUT2D eigenvalue weighted by atomic mass is 15.0. The van der Waals surface area contributed by atoms with Crippen LogP contribution in [0.1, 0.15) is 25.8 Å². The van der Waals surface area contributed by atoms with Crippen LogP contribution in [0.5, 0.6) is 0 Å². The lowest BCUT2D eigenvalue weighted by Crippen LogP contribution is -2.11. The first-order chi connectivity index (χ1) is 7.58. The average Bonchev–Trinajstić information content (AvgIpc) is 2.16. The van der Waals surface area contributed by atoms with E-state index in [0.29, 0.717) is 0 Å². The molecule has 1 aromatic rings. The second kappa shape index (κ2) is 6.54. The lowest BCUT2D eigenvalue weighted by Gasteiger charge is -2.12. The summed E-state index contributed by atoms with van der Waals surface area (Å²) in [7, 11) is 4.19. The number of rotatable bonds is 6. The molecule has 0 saturated heterocycles. The highest BCUT2D eigenvalue weighted by molar-refractivity contribution is 5.45. The van der Waals surface area contributed by atoms with Crippen LogP contribution in [-0.2, 0) is 6.54 Å². The van der Waals surface area contributed by atoms with Crippen LogP contribution >= 0.6 is 0 Å². The minimum absolute atomic E-state index is 0.762. The molecule has 2 nitrogen and oxygen atoms in total. The molecule has 0 saturated carbocycles. The van der Waals surface area contributed by atoms with E-state index >= 15 is 0 Å². The Morgan fingerprint density at radius 1 is 1.25 bits per heavy atom. The maximum Gasteiger partial charge on any atom is 0.0343 e. The van der Waals surface area contributed by atoms with E-state index in [2.05, 4.69) is 62.4 Å². The van der Waals surface area contributed by atoms with Crippen LogP contribution in [0.4, 0.5) is 5.69 Å². The molecule has 0 amide bonds. The SMILES string of the molecule is CC(C)CCNc1cccc(CN(C)C)c1. The van der Waals surface area contributed by atoms with E-state index in [-0.39, 0.29) is 0 Å². The van der Waals surface area contributed by atoms with Crippen molar-refractivity contribution in [2.24, 2.45) is 5.92 Å². The summed E-state index contributed by atoms with van der Waals surface area (Å²) in [6.07, 6.45) is 1.22. The third-order valence-electron chi connectivity index (χ3n) is 2.48. The smallest absolute Gasteiger partial charge is 0.0343 e. The fourth-order valence-electron chi connectivity index (χ4n) is 1.65. The van der Waals surface area contributed by atoms with E-state index < -0.39 is 0 Å². The molecular weight excluding hydrogens is 196 g/mol. The van der Waals surface area contributed by atoms with Gasteiger partial charge >= 0.3 is 0 Å². The van der Waals surface area contributed by atoms with Crippen molar-refractivity contribution >= 4 is 5.69 Å². The van der Waals surface area contributed by atoms with Gasteiger partial charge in [0, 0.05) is 18.8 Å². The van der Waals surface area contributed by atoms with E-state index in [1.807, 2.05) is 0 Å². The molecule has 0 heterocycles. The fourth-order valence-corrected chi connectivity index (χ4v) is 1.65. The van der Waals surface area contributed by atoms with Crippen molar-refractivity contribution in [3.8, 4) is 0 Å². The van der Waals surface area contributed by atoms with Gasteiger partial charge in [-0.25, -0.2) is 0 Å². The second-order valence-electron chi connectivity index (χ2n) is 5.05. The van der Waals surface area contributed by atoms with Crippen molar-refractivity contribution in [3.63, 3.8) is 0 Å². The summed E-state index contributed by atoms with van der Waals surface area (Å²) in [5, 5.41) is 3.47. The van der Waals surface area contributed by atoms with Crippen molar-refractivity contribution in [1.82, 2.24) is 4.90 Å². The van der Waals surface area contributed by atoms with Crippen molar-refractivity contribution in [2.75, 3.05) is 26.0 Å². The Kier molecular flexibility index (Phi) is 5.33. The number of benzene rings is 1. The zero-order valence-corrected chi connectivity index (χ0v) is 11.0. The molecule has 0 unspecified atom stereocenters. The highest BCUT2D eigenvalue weighted by Gasteiger charge is 1.98. The third kappa shape index (κ3) is 5.17. The van der Waals surface area contributed by atoms with Crippen molar-refractivity contribution < 1.29 is 0 Å². The number of nitrogens with one attached hydrogen (secondary N) is 1. The molecule has 0 radical (unpaired) electrons. The number of hydrogen-bond acceptors (Lipinski definition) is 2. The zero-order valence-electron chi connectivity index (χ0n) is 11.0. The van der Waals surface area contributed by atoms with E-state index in [0.717, 1.165) is 19.0 Å². The van der Waals surface area contributed by atoms with Gasteiger partial charge in [-0.3, -0.25) is 0 Å². The van der Waals surface area contributed by atoms with Gasteiger partial charge in [-0.15, -0.1) is 0 Å². The summed E-state index contributed by atoms with van der Waals surface area (Å²) in [6.45, 7) is 6.57. The summed E-state index contributed by atoms with van der Waals surface area (Å²) in [4.78, 5) is 2.19. The maximum absolute atomic E-state index is 3.47. The molecular formula is C14H24N2. The number of hydrogen-bond donors (Lipinski definition) is 1. The summed E-state index contributed by atoms with van der Waals surface area (Å²) in [6, 6.07) is 8.67. The van der Waals surface area contributed by atoms with Gasteiger partial charge in [0.05, 0.1) is 0 Å². The van der Waals surface area contributed by atoms with Gasteiger partial charge in [-0.05, 0) is 44.1 Å². The zero-order chi connectivity index (χ0) is 12.0. The van der Waals surface area contributed by atoms with Gasteiger partial charge in [-0.1, -0.05) is 26.0 Å². The monoisotopic (exact) mass is 220 g/mol. The first-order valence-electron chi connectivity index (χ1n) is 6.05. The van der Waals surface area contributed by atoms with Gasteiger partial charge in [0.25, 0.3) is 0 Å². The van der Waals surface area contributed by atoms with Crippen LogP contribution in [-0.4, -0.2) is 25.5 Å². The fraction of sp³-hybridized carbons (Fsp3) is 0.571. The molecule has 1 rings (SSSR count). The molecule has 2 heteroatoms. The van der Waals surface area contributed by atoms with Crippen LogP contribution < -0.4 is 5.32 Å². The summed E-state index contributed by atoms with van der Waals surface area (Å²) in [5.74, 6) is 0.762. The lowest BCUT2D eigenvalue weighted by atomic mass is 10.1. The van der Waals surface area contributed by atoms with Gasteiger partial charge in [0.2, 0.25) is 0 Å². The molecule has 0 bridgehead atoms. The highest BCUT2D eigenvalue weighted by Crippen LogP contribution is 2.12. The standard InChI is InChI=1S/C14H24N2/c1-12(2)8-9-15-14-7-5-6-13(10-14)11-16(3)4/h5-7,10,12,15H,8-9,11H2,1-4H3. The quantitative estimate of drug-likeness (QED) is 0.792. The number of anilines is 1. The van der Waals surface area contributed by atoms with Crippen molar-refractivity contribution in [3.05, 3.63) is 29.8 Å². The summed E-state index contributed by atoms with van der Waals surface area (Å²) in [5.41, 5.74) is 2.60. The van der Waals surface area contributed by atoms with Crippen LogP contribution in [0.3, 0.4) is 0 Å². The van der Waals surface area contributed by atoms with Crippen molar-refractivity contribution in [2.45, 2.75) is 26.8 Å². The molecule has 0 aliphatic rings. The predicted octanol–water partition coefficient (Wildman–Crippen LogP) is 3.21. The molecule has 0 aliphatic carbocycles. The van der Waals surface area contributed by atoms with E-state index in [9.17, 15) is 0 Å². The van der Waals surface area contributed by atoms with E-state index in [1.165, 1.54) is 17.7 Å². The van der Waals surface area contributed by atoms with Gasteiger partial charge < -0.3 is 10.2 Å². The molecule has 1 aromatic carbocycles. The normalized spacial score (nSPS) is 11.1. The molecule has 1 N–H and O–H groups in total. The Morgan fingerprint density at radius 2 is 2.00 bits per heavy atom. The topological polar surface area (TPSA) is 15.3 Å². The van der Waals surface area contributed by atoms with Crippen LogP contribution in [0.15, 0.2) is 24.3 Å². The minimum atomic E-state index is 0.762. The Labute approximate surface area is 99.7 Å². The lowest BCUT2D eigenvalue weighted by molar-refractivity contribution is 0.402. The third-order valence-corrected chi connectivity index (χ3v) is 2.48. The Bertz CT molecular complexity index is 305. The Balaban J connectivity index is 2.47. The van der Waals surface area contributed by atoms with E-state index in [4.69, 9.17) is 0 Å². The second-order valence-corrected chi connectivity index (χ2v) is 5.05. The molecule has 16 heavy (non-hydrogen) atoms. The Morgan fingerprint density at radius 3 is 2.62 bits per heavy atom. The molecule has 0 fully saturated rings. The molecule has 0 aliphatic heterocycles. The predicted molar refractivity (Wildman–Crippen MR) is 71.8 cm³/mol. The van der Waals surface area contributed by atoms with Gasteiger partial charge in [-0.2, -0.15) is 0 Å².